The number of rotatable bonds is 2. The highest BCUT2D eigenvalue weighted by atomic mass is 35.5. The van der Waals surface area contributed by atoms with Crippen LogP contribution in [-0.2, 0) is 14.4 Å². The number of halogens is 2. The highest BCUT2D eigenvalue weighted by Gasteiger charge is 2.56. The van der Waals surface area contributed by atoms with Crippen LogP contribution < -0.4 is 4.90 Å². The van der Waals surface area contributed by atoms with Crippen LogP contribution in [0, 0.1) is 18.7 Å². The third kappa shape index (κ3) is 2.33. The first-order chi connectivity index (χ1) is 12.0. The standard InChI is InChI=1S/C18H12ClFN2O3/c1-9-12(19)3-2-4-13(9)22-17(23)14-15(21-25-16(14)18(22)24)10-5-7-11(20)8-6-10/h2-8,14,16H,1H3/t14-,16-/m1/s1. The van der Waals surface area contributed by atoms with Gasteiger partial charge >= 0.3 is 0 Å². The van der Waals surface area contributed by atoms with Crippen molar-refractivity contribution in [1.82, 2.24) is 0 Å². The molecule has 0 spiro atoms. The summed E-state index contributed by atoms with van der Waals surface area (Å²) in [4.78, 5) is 32.0. The van der Waals surface area contributed by atoms with E-state index in [9.17, 15) is 14.0 Å². The number of amides is 2. The van der Waals surface area contributed by atoms with Gasteiger partial charge in [-0.1, -0.05) is 35.0 Å². The van der Waals surface area contributed by atoms with Crippen molar-refractivity contribution in [3.05, 3.63) is 64.4 Å². The molecule has 2 aromatic carbocycles. The second-order valence-electron chi connectivity index (χ2n) is 5.88. The molecule has 2 heterocycles. The van der Waals surface area contributed by atoms with Gasteiger partial charge in [0, 0.05) is 10.6 Å². The van der Waals surface area contributed by atoms with E-state index in [1.807, 2.05) is 0 Å². The predicted molar refractivity (Wildman–Crippen MR) is 90.0 cm³/mol. The van der Waals surface area contributed by atoms with Crippen molar-refractivity contribution in [2.45, 2.75) is 13.0 Å². The molecule has 0 saturated carbocycles. The number of carbonyl (C=O) groups is 2. The Kier molecular flexibility index (Phi) is 3.58. The number of anilines is 1. The summed E-state index contributed by atoms with van der Waals surface area (Å²) in [7, 11) is 0. The SMILES string of the molecule is Cc1c(Cl)cccc1N1C(=O)[C@@H]2C(c3ccc(F)cc3)=NO[C@H]2C1=O. The molecule has 2 aliphatic heterocycles. The summed E-state index contributed by atoms with van der Waals surface area (Å²) < 4.78 is 13.1. The van der Waals surface area contributed by atoms with E-state index < -0.39 is 29.7 Å². The molecule has 25 heavy (non-hydrogen) atoms. The van der Waals surface area contributed by atoms with Gasteiger partial charge in [0.15, 0.2) is 0 Å². The first kappa shape index (κ1) is 15.8. The molecule has 126 valence electrons. The van der Waals surface area contributed by atoms with Crippen molar-refractivity contribution >= 4 is 34.8 Å². The van der Waals surface area contributed by atoms with Gasteiger partial charge in [-0.25, -0.2) is 9.29 Å². The molecular weight excluding hydrogens is 347 g/mol. The minimum Gasteiger partial charge on any atom is -0.381 e. The summed E-state index contributed by atoms with van der Waals surface area (Å²) in [5.41, 5.74) is 1.93. The fourth-order valence-electron chi connectivity index (χ4n) is 3.11. The molecule has 4 rings (SSSR count). The van der Waals surface area contributed by atoms with Crippen LogP contribution in [0.5, 0.6) is 0 Å². The van der Waals surface area contributed by atoms with Crippen LogP contribution in [0.15, 0.2) is 47.6 Å². The van der Waals surface area contributed by atoms with E-state index in [0.29, 0.717) is 27.5 Å². The average Bonchev–Trinajstić information content (AvgIpc) is 3.13. The van der Waals surface area contributed by atoms with Gasteiger partial charge < -0.3 is 4.84 Å². The molecule has 2 atom stereocenters. The lowest BCUT2D eigenvalue weighted by Gasteiger charge is -2.18. The highest BCUT2D eigenvalue weighted by Crippen LogP contribution is 2.37. The number of hydrogen-bond acceptors (Lipinski definition) is 4. The highest BCUT2D eigenvalue weighted by molar-refractivity contribution is 6.34. The quantitative estimate of drug-likeness (QED) is 0.775. The zero-order valence-corrected chi connectivity index (χ0v) is 13.8. The van der Waals surface area contributed by atoms with Gasteiger partial charge in [-0.05, 0) is 36.8 Å². The monoisotopic (exact) mass is 358 g/mol. The molecule has 0 aliphatic carbocycles. The van der Waals surface area contributed by atoms with Gasteiger partial charge in [0.1, 0.15) is 17.4 Å². The fraction of sp³-hybridized carbons (Fsp3) is 0.167. The third-order valence-electron chi connectivity index (χ3n) is 4.43. The van der Waals surface area contributed by atoms with Crippen LogP contribution in [0.25, 0.3) is 0 Å². The Hall–Kier alpha value is -2.73. The first-order valence-corrected chi connectivity index (χ1v) is 7.99. The zero-order valence-electron chi connectivity index (χ0n) is 13.1. The summed E-state index contributed by atoms with van der Waals surface area (Å²) in [6.07, 6.45) is -1.01. The maximum atomic E-state index is 13.1. The Labute approximate surface area is 147 Å². The van der Waals surface area contributed by atoms with Crippen molar-refractivity contribution < 1.29 is 18.8 Å². The summed E-state index contributed by atoms with van der Waals surface area (Å²) in [5, 5.41) is 4.35. The zero-order chi connectivity index (χ0) is 17.7. The fourth-order valence-corrected chi connectivity index (χ4v) is 3.28. The number of imide groups is 1. The second kappa shape index (κ2) is 5.67. The van der Waals surface area contributed by atoms with E-state index in [1.165, 1.54) is 24.3 Å². The van der Waals surface area contributed by atoms with Gasteiger partial charge in [-0.2, -0.15) is 0 Å². The van der Waals surface area contributed by atoms with E-state index in [-0.39, 0.29) is 0 Å². The third-order valence-corrected chi connectivity index (χ3v) is 4.84. The molecule has 7 heteroatoms. The van der Waals surface area contributed by atoms with E-state index in [0.717, 1.165) is 4.90 Å². The summed E-state index contributed by atoms with van der Waals surface area (Å²) in [6.45, 7) is 1.74. The Morgan fingerprint density at radius 3 is 2.56 bits per heavy atom. The van der Waals surface area contributed by atoms with Gasteiger partial charge in [0.05, 0.1) is 5.69 Å². The van der Waals surface area contributed by atoms with Crippen molar-refractivity contribution in [2.24, 2.45) is 11.1 Å². The Morgan fingerprint density at radius 2 is 1.84 bits per heavy atom. The molecule has 1 fully saturated rings. The number of carbonyl (C=O) groups excluding carboxylic acids is 2. The number of oxime groups is 1. The Bertz CT molecular complexity index is 926. The summed E-state index contributed by atoms with van der Waals surface area (Å²) in [6, 6.07) is 10.6. The maximum Gasteiger partial charge on any atom is 0.278 e. The molecule has 5 nitrogen and oxygen atoms in total. The number of fused-ring (bicyclic) bond motifs is 1. The van der Waals surface area contributed by atoms with Crippen molar-refractivity contribution in [2.75, 3.05) is 4.90 Å². The van der Waals surface area contributed by atoms with Gasteiger partial charge in [0.25, 0.3) is 5.91 Å². The molecule has 2 amide bonds. The van der Waals surface area contributed by atoms with Crippen LogP contribution in [0.2, 0.25) is 5.02 Å². The lowest BCUT2D eigenvalue weighted by Crippen LogP contribution is -2.33. The molecule has 2 aromatic rings. The van der Waals surface area contributed by atoms with Crippen molar-refractivity contribution in [1.29, 1.82) is 0 Å². The van der Waals surface area contributed by atoms with E-state index >= 15 is 0 Å². The molecule has 0 unspecified atom stereocenters. The minimum atomic E-state index is -1.01. The van der Waals surface area contributed by atoms with Crippen LogP contribution in [0.4, 0.5) is 10.1 Å². The van der Waals surface area contributed by atoms with Gasteiger partial charge in [-0.3, -0.25) is 9.59 Å². The number of nitrogens with zero attached hydrogens (tertiary/aromatic N) is 2. The summed E-state index contributed by atoms with van der Waals surface area (Å²) in [5.74, 6) is -2.16. The molecule has 0 bridgehead atoms. The van der Waals surface area contributed by atoms with Crippen LogP contribution in [0.1, 0.15) is 11.1 Å². The molecule has 2 aliphatic rings. The Balaban J connectivity index is 1.73. The molecule has 0 aromatic heterocycles. The minimum absolute atomic E-state index is 0.325. The van der Waals surface area contributed by atoms with Crippen molar-refractivity contribution in [3.8, 4) is 0 Å². The average molecular weight is 359 g/mol. The van der Waals surface area contributed by atoms with Gasteiger partial charge in [0.2, 0.25) is 12.0 Å². The molecular formula is C18H12ClFN2O3. The van der Waals surface area contributed by atoms with Crippen LogP contribution in [-0.4, -0.2) is 23.6 Å². The molecule has 1 saturated heterocycles. The molecule has 0 N–H and O–H groups in total. The number of hydrogen-bond donors (Lipinski definition) is 0. The first-order valence-electron chi connectivity index (χ1n) is 7.61. The normalized spacial score (nSPS) is 22.0. The summed E-state index contributed by atoms with van der Waals surface area (Å²) >= 11 is 6.11. The lowest BCUT2D eigenvalue weighted by molar-refractivity contribution is -0.126. The van der Waals surface area contributed by atoms with Crippen LogP contribution >= 0.6 is 11.6 Å². The van der Waals surface area contributed by atoms with Gasteiger partial charge in [-0.15, -0.1) is 0 Å². The van der Waals surface area contributed by atoms with E-state index in [2.05, 4.69) is 5.16 Å². The second-order valence-corrected chi connectivity index (χ2v) is 6.29. The smallest absolute Gasteiger partial charge is 0.278 e. The topological polar surface area (TPSA) is 59.0 Å². The van der Waals surface area contributed by atoms with Crippen molar-refractivity contribution in [3.63, 3.8) is 0 Å². The lowest BCUT2D eigenvalue weighted by atomic mass is 9.94. The van der Waals surface area contributed by atoms with E-state index in [1.54, 1.807) is 25.1 Å². The Morgan fingerprint density at radius 1 is 1.12 bits per heavy atom. The largest absolute Gasteiger partial charge is 0.381 e. The molecule has 0 radical (unpaired) electrons. The van der Waals surface area contributed by atoms with Crippen LogP contribution in [0.3, 0.4) is 0 Å². The number of benzene rings is 2. The predicted octanol–water partition coefficient (Wildman–Crippen LogP) is 3.08. The van der Waals surface area contributed by atoms with E-state index in [4.69, 9.17) is 16.4 Å². The maximum absolute atomic E-state index is 13.1.